The van der Waals surface area contributed by atoms with Crippen LogP contribution < -0.4 is 5.56 Å². The molecule has 4 rings (SSSR count). The normalized spacial score (nSPS) is 11.7. The van der Waals surface area contributed by atoms with Gasteiger partial charge < -0.3 is 4.57 Å². The minimum atomic E-state index is -0.160. The lowest BCUT2D eigenvalue weighted by atomic mass is 10.2. The molecule has 0 saturated carbocycles. The fourth-order valence-corrected chi connectivity index (χ4v) is 4.15. The van der Waals surface area contributed by atoms with Crippen LogP contribution in [0.25, 0.3) is 16.7 Å². The third-order valence-electron chi connectivity index (χ3n) is 5.54. The number of fused-ring (bicyclic) bond motifs is 1. The number of benzene rings is 1. The lowest BCUT2D eigenvalue weighted by molar-refractivity contribution is 0.675. The monoisotopic (exact) mass is 491 g/mol. The Morgan fingerprint density at radius 1 is 1.12 bits per heavy atom. The van der Waals surface area contributed by atoms with Gasteiger partial charge in [-0.1, -0.05) is 35.3 Å². The van der Waals surface area contributed by atoms with Crippen molar-refractivity contribution in [3.8, 4) is 5.82 Å². The Labute approximate surface area is 195 Å². The number of halogens is 1. The SMILES string of the molecule is CCCCc1nc2ccc(Br)cc2c(=O)n1N=Cc1cc(C)n(-c2ccc(C)cn2)c1C. The summed E-state index contributed by atoms with van der Waals surface area (Å²) in [7, 11) is 0. The maximum atomic E-state index is 13.3. The van der Waals surface area contributed by atoms with Crippen LogP contribution >= 0.6 is 15.9 Å². The number of hydrogen-bond donors (Lipinski definition) is 0. The number of nitrogens with zero attached hydrogens (tertiary/aromatic N) is 5. The van der Waals surface area contributed by atoms with Crippen LogP contribution in [0.2, 0.25) is 0 Å². The molecule has 0 spiro atoms. The molecule has 0 bridgehead atoms. The average Bonchev–Trinajstić information content (AvgIpc) is 3.06. The van der Waals surface area contributed by atoms with E-state index in [1.807, 2.05) is 51.2 Å². The number of rotatable bonds is 6. The van der Waals surface area contributed by atoms with Crippen LogP contribution in [0.5, 0.6) is 0 Å². The molecule has 6 nitrogen and oxygen atoms in total. The number of aromatic nitrogens is 4. The van der Waals surface area contributed by atoms with E-state index >= 15 is 0 Å². The molecule has 0 atom stereocenters. The highest BCUT2D eigenvalue weighted by atomic mass is 79.9. The Kier molecular flexibility index (Phi) is 6.37. The van der Waals surface area contributed by atoms with Gasteiger partial charge >= 0.3 is 0 Å². The van der Waals surface area contributed by atoms with Crippen LogP contribution in [0.3, 0.4) is 0 Å². The number of hydrogen-bond acceptors (Lipinski definition) is 4. The van der Waals surface area contributed by atoms with Gasteiger partial charge in [-0.25, -0.2) is 9.97 Å². The average molecular weight is 492 g/mol. The van der Waals surface area contributed by atoms with Gasteiger partial charge in [0.05, 0.1) is 17.1 Å². The molecule has 0 aliphatic rings. The molecule has 1 aromatic carbocycles. The maximum absolute atomic E-state index is 13.3. The molecular formula is C25H26BrN5O. The fraction of sp³-hybridized carbons (Fsp3) is 0.280. The van der Waals surface area contributed by atoms with Crippen LogP contribution in [-0.2, 0) is 6.42 Å². The van der Waals surface area contributed by atoms with Crippen LogP contribution in [0.1, 0.15) is 48.1 Å². The van der Waals surface area contributed by atoms with Gasteiger partial charge in [-0.15, -0.1) is 0 Å². The standard InChI is InChI=1S/C25H26BrN5O/c1-5-6-7-24-29-22-10-9-20(26)13-21(22)25(32)31(24)28-15-19-12-17(3)30(18(19)4)23-11-8-16(2)14-27-23/h8-15H,5-7H2,1-4H3. The van der Waals surface area contributed by atoms with Crippen molar-refractivity contribution in [2.75, 3.05) is 0 Å². The molecular weight excluding hydrogens is 466 g/mol. The largest absolute Gasteiger partial charge is 0.303 e. The van der Waals surface area contributed by atoms with Crippen molar-refractivity contribution < 1.29 is 0 Å². The molecule has 0 N–H and O–H groups in total. The zero-order chi connectivity index (χ0) is 22.8. The minimum Gasteiger partial charge on any atom is -0.303 e. The van der Waals surface area contributed by atoms with E-state index in [0.717, 1.165) is 45.6 Å². The molecule has 0 fully saturated rings. The van der Waals surface area contributed by atoms with Crippen molar-refractivity contribution in [2.45, 2.75) is 47.0 Å². The molecule has 0 radical (unpaired) electrons. The van der Waals surface area contributed by atoms with E-state index in [0.29, 0.717) is 23.1 Å². The topological polar surface area (TPSA) is 65.1 Å². The van der Waals surface area contributed by atoms with E-state index in [1.165, 1.54) is 4.68 Å². The number of unbranched alkanes of at least 4 members (excludes halogenated alkanes) is 1. The van der Waals surface area contributed by atoms with Gasteiger partial charge in [0.15, 0.2) is 0 Å². The van der Waals surface area contributed by atoms with Crippen molar-refractivity contribution in [2.24, 2.45) is 5.10 Å². The summed E-state index contributed by atoms with van der Waals surface area (Å²) in [5.41, 5.74) is 4.66. The second-order valence-electron chi connectivity index (χ2n) is 8.01. The van der Waals surface area contributed by atoms with Crippen molar-refractivity contribution in [3.05, 3.63) is 85.8 Å². The molecule has 0 saturated heterocycles. The van der Waals surface area contributed by atoms with Crippen molar-refractivity contribution >= 4 is 33.0 Å². The summed E-state index contributed by atoms with van der Waals surface area (Å²) in [6.07, 6.45) is 6.26. The Morgan fingerprint density at radius 2 is 1.94 bits per heavy atom. The zero-order valence-electron chi connectivity index (χ0n) is 18.8. The summed E-state index contributed by atoms with van der Waals surface area (Å²) in [6, 6.07) is 11.7. The first-order valence-electron chi connectivity index (χ1n) is 10.8. The van der Waals surface area contributed by atoms with Crippen LogP contribution in [0.15, 0.2) is 57.0 Å². The molecule has 32 heavy (non-hydrogen) atoms. The lowest BCUT2D eigenvalue weighted by Gasteiger charge is -2.10. The molecule has 4 aromatic rings. The quantitative estimate of drug-likeness (QED) is 0.334. The molecule has 0 amide bonds. The Hall–Kier alpha value is -3.06. The van der Waals surface area contributed by atoms with Crippen LogP contribution in [0.4, 0.5) is 0 Å². The van der Waals surface area contributed by atoms with Gasteiger partial charge in [0.2, 0.25) is 0 Å². The van der Waals surface area contributed by atoms with Gasteiger partial charge in [-0.2, -0.15) is 9.78 Å². The molecule has 0 aliphatic carbocycles. The third kappa shape index (κ3) is 4.30. The first-order chi connectivity index (χ1) is 15.4. The van der Waals surface area contributed by atoms with Gasteiger partial charge in [-0.05, 0) is 63.1 Å². The Balaban J connectivity index is 1.80. The lowest BCUT2D eigenvalue weighted by Crippen LogP contribution is -2.22. The summed E-state index contributed by atoms with van der Waals surface area (Å²) in [5.74, 6) is 1.54. The smallest absolute Gasteiger partial charge is 0.282 e. The summed E-state index contributed by atoms with van der Waals surface area (Å²) < 4.78 is 4.38. The zero-order valence-corrected chi connectivity index (χ0v) is 20.3. The summed E-state index contributed by atoms with van der Waals surface area (Å²) in [5, 5.41) is 5.15. The van der Waals surface area contributed by atoms with Gasteiger partial charge in [0, 0.05) is 34.0 Å². The Morgan fingerprint density at radius 3 is 2.66 bits per heavy atom. The van der Waals surface area contributed by atoms with Crippen molar-refractivity contribution in [1.82, 2.24) is 19.2 Å². The number of pyridine rings is 1. The molecule has 0 aliphatic heterocycles. The first-order valence-corrected chi connectivity index (χ1v) is 11.6. The molecule has 7 heteroatoms. The summed E-state index contributed by atoms with van der Waals surface area (Å²) >= 11 is 3.45. The van der Waals surface area contributed by atoms with E-state index in [2.05, 4.69) is 43.6 Å². The molecule has 3 heterocycles. The van der Waals surface area contributed by atoms with E-state index in [-0.39, 0.29) is 5.56 Å². The first kappa shape index (κ1) is 22.1. The van der Waals surface area contributed by atoms with E-state index in [9.17, 15) is 4.79 Å². The van der Waals surface area contributed by atoms with E-state index in [4.69, 9.17) is 4.98 Å². The molecule has 3 aromatic heterocycles. The van der Waals surface area contributed by atoms with Crippen LogP contribution in [0, 0.1) is 20.8 Å². The minimum absolute atomic E-state index is 0.160. The summed E-state index contributed by atoms with van der Waals surface area (Å²) in [4.78, 5) is 22.6. The maximum Gasteiger partial charge on any atom is 0.282 e. The second kappa shape index (κ2) is 9.20. The van der Waals surface area contributed by atoms with Crippen molar-refractivity contribution in [1.29, 1.82) is 0 Å². The van der Waals surface area contributed by atoms with E-state index < -0.39 is 0 Å². The van der Waals surface area contributed by atoms with Crippen molar-refractivity contribution in [3.63, 3.8) is 0 Å². The van der Waals surface area contributed by atoms with Gasteiger partial charge in [0.1, 0.15) is 11.6 Å². The molecule has 164 valence electrons. The predicted octanol–water partition coefficient (Wildman–Crippen LogP) is 5.49. The fourth-order valence-electron chi connectivity index (χ4n) is 3.79. The highest BCUT2D eigenvalue weighted by Gasteiger charge is 2.13. The van der Waals surface area contributed by atoms with Gasteiger partial charge in [-0.3, -0.25) is 4.79 Å². The highest BCUT2D eigenvalue weighted by Crippen LogP contribution is 2.19. The Bertz CT molecular complexity index is 1370. The molecule has 0 unspecified atom stereocenters. The van der Waals surface area contributed by atoms with Gasteiger partial charge in [0.25, 0.3) is 5.56 Å². The van der Waals surface area contributed by atoms with Crippen LogP contribution in [-0.4, -0.2) is 25.4 Å². The highest BCUT2D eigenvalue weighted by molar-refractivity contribution is 9.10. The third-order valence-corrected chi connectivity index (χ3v) is 6.03. The number of aryl methyl sites for hydroxylation is 3. The summed E-state index contributed by atoms with van der Waals surface area (Å²) in [6.45, 7) is 8.22. The van der Waals surface area contributed by atoms with E-state index in [1.54, 1.807) is 12.3 Å². The second-order valence-corrected chi connectivity index (χ2v) is 8.93. The predicted molar refractivity (Wildman–Crippen MR) is 133 cm³/mol.